The topological polar surface area (TPSA) is 88.8 Å². The average Bonchev–Trinajstić information content (AvgIpc) is 2.59. The van der Waals surface area contributed by atoms with Crippen molar-refractivity contribution >= 4 is 17.8 Å². The lowest BCUT2D eigenvalue weighted by molar-refractivity contribution is 0.0766. The largest absolute Gasteiger partial charge is 0.507 e. The zero-order valence-electron chi connectivity index (χ0n) is 14.2. The van der Waals surface area contributed by atoms with Crippen LogP contribution >= 0.6 is 0 Å². The number of aromatic hydroxyl groups is 1. The van der Waals surface area contributed by atoms with Gasteiger partial charge in [-0.15, -0.1) is 0 Å². The number of rotatable bonds is 4. The van der Waals surface area contributed by atoms with E-state index in [2.05, 4.69) is 10.3 Å². The minimum Gasteiger partial charge on any atom is -0.507 e. The number of carbonyl (C=O) groups excluding carboxylic acids is 1. The number of phenolic OH excluding ortho intramolecular Hbond substituents is 1. The summed E-state index contributed by atoms with van der Waals surface area (Å²) >= 11 is 0. The van der Waals surface area contributed by atoms with E-state index in [-0.39, 0.29) is 12.1 Å². The second-order valence-corrected chi connectivity index (χ2v) is 5.48. The van der Waals surface area contributed by atoms with Crippen molar-refractivity contribution in [1.82, 2.24) is 10.2 Å². The summed E-state index contributed by atoms with van der Waals surface area (Å²) in [6.45, 7) is 4.16. The first-order valence-electron chi connectivity index (χ1n) is 7.93. The van der Waals surface area contributed by atoms with Crippen molar-refractivity contribution in [1.29, 1.82) is 5.41 Å². The molecule has 1 heterocycles. The highest BCUT2D eigenvalue weighted by Crippen LogP contribution is 2.23. The monoisotopic (exact) mass is 344 g/mol. The number of likely N-dealkylation sites (tertiary alicyclic amines) is 1. The molecule has 0 aromatic heterocycles. The van der Waals surface area contributed by atoms with Crippen LogP contribution in [0.25, 0.3) is 0 Å². The lowest BCUT2D eigenvalue weighted by Gasteiger charge is -2.30. The van der Waals surface area contributed by atoms with Gasteiger partial charge in [0.1, 0.15) is 17.4 Å². The van der Waals surface area contributed by atoms with E-state index in [9.17, 15) is 14.3 Å². The number of nitrogens with zero attached hydrogens (tertiary/aromatic N) is 2. The Morgan fingerprint density at radius 3 is 2.84 bits per heavy atom. The number of halogens is 1. The molecule has 1 aliphatic heterocycles. The number of piperidine rings is 1. The average molecular weight is 344 g/mol. The molecular weight excluding hydrogens is 323 g/mol. The van der Waals surface area contributed by atoms with Crippen molar-refractivity contribution in [2.24, 2.45) is 4.99 Å². The van der Waals surface area contributed by atoms with E-state index in [1.54, 1.807) is 25.4 Å². The van der Waals surface area contributed by atoms with Gasteiger partial charge in [0, 0.05) is 36.5 Å². The van der Waals surface area contributed by atoms with E-state index in [0.717, 1.165) is 12.1 Å². The fourth-order valence-corrected chi connectivity index (χ4v) is 2.50. The van der Waals surface area contributed by atoms with Crippen LogP contribution in [0.15, 0.2) is 46.9 Å². The molecule has 2 rings (SSSR count). The van der Waals surface area contributed by atoms with Gasteiger partial charge in [-0.1, -0.05) is 6.08 Å². The van der Waals surface area contributed by atoms with Crippen LogP contribution in [-0.4, -0.2) is 40.9 Å². The zero-order valence-corrected chi connectivity index (χ0v) is 14.2. The normalized spacial score (nSPS) is 17.4. The molecule has 1 saturated heterocycles. The molecule has 0 aliphatic carbocycles. The molecule has 3 N–H and O–H groups in total. The van der Waals surface area contributed by atoms with Crippen molar-refractivity contribution < 1.29 is 14.3 Å². The van der Waals surface area contributed by atoms with Crippen LogP contribution in [0.1, 0.15) is 30.6 Å². The summed E-state index contributed by atoms with van der Waals surface area (Å²) in [6, 6.07) is 3.31. The number of hydrogen-bond acceptors (Lipinski definition) is 5. The van der Waals surface area contributed by atoms with Crippen LogP contribution < -0.4 is 5.32 Å². The summed E-state index contributed by atoms with van der Waals surface area (Å²) in [5.74, 6) is -0.903. The Hall–Kier alpha value is -2.96. The second kappa shape index (κ2) is 8.23. The predicted octanol–water partition coefficient (Wildman–Crippen LogP) is 2.82. The predicted molar refractivity (Wildman–Crippen MR) is 95.5 cm³/mol. The van der Waals surface area contributed by atoms with Gasteiger partial charge in [-0.05, 0) is 32.2 Å². The molecule has 1 aliphatic rings. The molecule has 0 spiro atoms. The van der Waals surface area contributed by atoms with E-state index >= 15 is 0 Å². The minimum absolute atomic E-state index is 0.0381. The molecule has 7 heteroatoms. The fraction of sp³-hybridized carbons (Fsp3) is 0.278. The standard InChI is InChI=1S/C18H21FN4O2/c1-3-8-22-17(21-4-2)14-11-23(9-7-15(14)20)18(25)13-6-5-12(19)10-16(13)24/h3-6,8,10,20,22,24H,7,9,11H2,1-2H3/b8-3+,17-14-,20-15?,21-4-. The van der Waals surface area contributed by atoms with Gasteiger partial charge in [-0.3, -0.25) is 4.79 Å². The maximum absolute atomic E-state index is 13.1. The smallest absolute Gasteiger partial charge is 0.257 e. The Bertz CT molecular complexity index is 768. The molecule has 1 fully saturated rings. The quantitative estimate of drug-likeness (QED) is 0.734. The first-order chi connectivity index (χ1) is 12.0. The Morgan fingerprint density at radius 1 is 1.44 bits per heavy atom. The Labute approximate surface area is 145 Å². The number of benzene rings is 1. The van der Waals surface area contributed by atoms with Crippen LogP contribution in [-0.2, 0) is 0 Å². The molecule has 0 saturated carbocycles. The van der Waals surface area contributed by atoms with Crippen molar-refractivity contribution in [3.8, 4) is 5.75 Å². The molecular formula is C18H21FN4O2. The van der Waals surface area contributed by atoms with Crippen LogP contribution in [0.2, 0.25) is 0 Å². The lowest BCUT2D eigenvalue weighted by atomic mass is 10.0. The molecule has 0 radical (unpaired) electrons. The van der Waals surface area contributed by atoms with Crippen LogP contribution in [0, 0.1) is 11.2 Å². The maximum atomic E-state index is 13.1. The molecule has 25 heavy (non-hydrogen) atoms. The van der Waals surface area contributed by atoms with Crippen LogP contribution in [0.3, 0.4) is 0 Å². The number of phenols is 1. The van der Waals surface area contributed by atoms with Gasteiger partial charge < -0.3 is 20.7 Å². The third-order valence-electron chi connectivity index (χ3n) is 3.75. The van der Waals surface area contributed by atoms with E-state index in [1.807, 2.05) is 6.92 Å². The van der Waals surface area contributed by atoms with Gasteiger partial charge in [-0.25, -0.2) is 9.38 Å². The van der Waals surface area contributed by atoms with E-state index in [0.29, 0.717) is 30.1 Å². The van der Waals surface area contributed by atoms with E-state index in [1.165, 1.54) is 11.0 Å². The number of carbonyl (C=O) groups is 1. The molecule has 1 aromatic rings. The molecule has 132 valence electrons. The Morgan fingerprint density at radius 2 is 2.20 bits per heavy atom. The third kappa shape index (κ3) is 4.32. The van der Waals surface area contributed by atoms with E-state index < -0.39 is 17.5 Å². The molecule has 6 nitrogen and oxygen atoms in total. The van der Waals surface area contributed by atoms with Gasteiger partial charge in [0.25, 0.3) is 5.91 Å². The molecule has 0 bridgehead atoms. The van der Waals surface area contributed by atoms with E-state index in [4.69, 9.17) is 5.41 Å². The van der Waals surface area contributed by atoms with Gasteiger partial charge in [0.15, 0.2) is 0 Å². The summed E-state index contributed by atoms with van der Waals surface area (Å²) < 4.78 is 13.1. The van der Waals surface area contributed by atoms with Crippen molar-refractivity contribution in [2.45, 2.75) is 20.3 Å². The second-order valence-electron chi connectivity index (χ2n) is 5.48. The maximum Gasteiger partial charge on any atom is 0.257 e. The number of aliphatic imine (C=N–C) groups is 1. The molecule has 1 aromatic carbocycles. The highest BCUT2D eigenvalue weighted by Gasteiger charge is 2.27. The summed E-state index contributed by atoms with van der Waals surface area (Å²) in [6.07, 6.45) is 5.49. The third-order valence-corrected chi connectivity index (χ3v) is 3.75. The SMILES string of the molecule is C/C=N\C(N/C=C/C)=C1/CN(C(=O)c2ccc(F)cc2O)CCC1=N. The summed E-state index contributed by atoms with van der Waals surface area (Å²) in [7, 11) is 0. The number of hydrogen-bond donors (Lipinski definition) is 3. The number of nitrogens with one attached hydrogen (secondary N) is 2. The van der Waals surface area contributed by atoms with Gasteiger partial charge >= 0.3 is 0 Å². The first kappa shape index (κ1) is 18.4. The van der Waals surface area contributed by atoms with Crippen LogP contribution in [0.4, 0.5) is 4.39 Å². The minimum atomic E-state index is -0.606. The number of allylic oxidation sites excluding steroid dienone is 1. The highest BCUT2D eigenvalue weighted by atomic mass is 19.1. The lowest BCUT2D eigenvalue weighted by Crippen LogP contribution is -2.41. The zero-order chi connectivity index (χ0) is 18.4. The summed E-state index contributed by atoms with van der Waals surface area (Å²) in [5, 5.41) is 21.0. The van der Waals surface area contributed by atoms with Gasteiger partial charge in [-0.2, -0.15) is 0 Å². The Balaban J connectivity index is 2.32. The molecule has 0 unspecified atom stereocenters. The van der Waals surface area contributed by atoms with Crippen LogP contribution in [0.5, 0.6) is 5.75 Å². The van der Waals surface area contributed by atoms with Crippen molar-refractivity contribution in [3.63, 3.8) is 0 Å². The fourth-order valence-electron chi connectivity index (χ4n) is 2.50. The highest BCUT2D eigenvalue weighted by molar-refractivity contribution is 6.03. The van der Waals surface area contributed by atoms with Crippen molar-refractivity contribution in [3.05, 3.63) is 53.2 Å². The molecule has 1 amide bonds. The first-order valence-corrected chi connectivity index (χ1v) is 7.93. The Kier molecular flexibility index (Phi) is 6.05. The summed E-state index contributed by atoms with van der Waals surface area (Å²) in [4.78, 5) is 18.4. The van der Waals surface area contributed by atoms with Gasteiger partial charge in [0.05, 0.1) is 12.1 Å². The molecule has 0 atom stereocenters. The van der Waals surface area contributed by atoms with Gasteiger partial charge in [0.2, 0.25) is 0 Å². The number of amides is 1. The summed E-state index contributed by atoms with van der Waals surface area (Å²) in [5.41, 5.74) is 1.05. The van der Waals surface area contributed by atoms with Crippen molar-refractivity contribution in [2.75, 3.05) is 13.1 Å².